The quantitative estimate of drug-likeness (QED) is 0.584. The average Bonchev–Trinajstić information content (AvgIpc) is 3.02. The molecule has 5 nitrogen and oxygen atoms in total. The van der Waals surface area contributed by atoms with Crippen molar-refractivity contribution in [3.05, 3.63) is 70.2 Å². The highest BCUT2D eigenvalue weighted by atomic mass is 16.6. The molecule has 3 rings (SSSR count). The summed E-state index contributed by atoms with van der Waals surface area (Å²) >= 11 is 0. The Balaban J connectivity index is 2.14. The van der Waals surface area contributed by atoms with E-state index in [1.165, 1.54) is 0 Å². The number of H-pyrrole nitrogens is 1. The second kappa shape index (κ2) is 4.85. The molecule has 0 fully saturated rings. The van der Waals surface area contributed by atoms with E-state index in [9.17, 15) is 10.1 Å². The highest BCUT2D eigenvalue weighted by molar-refractivity contribution is 5.84. The summed E-state index contributed by atoms with van der Waals surface area (Å²) in [5.74, 6) is -0.249. The van der Waals surface area contributed by atoms with Gasteiger partial charge in [0.15, 0.2) is 0 Å². The van der Waals surface area contributed by atoms with Gasteiger partial charge >= 0.3 is 0 Å². The van der Waals surface area contributed by atoms with Gasteiger partial charge in [-0.15, -0.1) is 0 Å². The summed E-state index contributed by atoms with van der Waals surface area (Å²) in [7, 11) is 1.91. The minimum absolute atomic E-state index is 0.111. The Morgan fingerprint density at radius 2 is 2.10 bits per heavy atom. The first-order chi connectivity index (χ1) is 9.66. The number of hydrogen-bond donors (Lipinski definition) is 1. The van der Waals surface area contributed by atoms with Gasteiger partial charge in [-0.2, -0.15) is 0 Å². The van der Waals surface area contributed by atoms with Gasteiger partial charge in [-0.1, -0.05) is 18.2 Å². The summed E-state index contributed by atoms with van der Waals surface area (Å²) in [6, 6.07) is 11.7. The zero-order chi connectivity index (χ0) is 14.1. The number of nitro groups is 1. The van der Waals surface area contributed by atoms with E-state index in [1.54, 1.807) is 0 Å². The average molecular weight is 269 g/mol. The molecule has 0 aliphatic carbocycles. The van der Waals surface area contributed by atoms with E-state index in [1.807, 2.05) is 60.4 Å². The molecule has 0 radical (unpaired) electrons. The number of aryl methyl sites for hydroxylation is 1. The molecule has 1 atom stereocenters. The Kier molecular flexibility index (Phi) is 3.02. The predicted molar refractivity (Wildman–Crippen MR) is 77.4 cm³/mol. The Hall–Kier alpha value is -2.56. The van der Waals surface area contributed by atoms with Crippen LogP contribution in [0.1, 0.15) is 17.2 Å². The Labute approximate surface area is 116 Å². The fraction of sp³-hybridized carbons (Fsp3) is 0.200. The molecule has 0 saturated heterocycles. The second-order valence-electron chi connectivity index (χ2n) is 4.90. The maximum Gasteiger partial charge on any atom is 0.216 e. The number of para-hydroxylation sites is 1. The molecule has 102 valence electrons. The molecule has 0 spiro atoms. The molecule has 0 aliphatic heterocycles. The third-order valence-electron chi connectivity index (χ3n) is 3.67. The van der Waals surface area contributed by atoms with Crippen molar-refractivity contribution in [1.29, 1.82) is 0 Å². The summed E-state index contributed by atoms with van der Waals surface area (Å²) in [6.07, 6.45) is 3.79. The number of rotatable bonds is 4. The summed E-state index contributed by atoms with van der Waals surface area (Å²) in [6.45, 7) is -0.111. The maximum atomic E-state index is 11.0. The van der Waals surface area contributed by atoms with Crippen molar-refractivity contribution in [2.24, 2.45) is 7.05 Å². The van der Waals surface area contributed by atoms with Crippen LogP contribution in [-0.2, 0) is 7.05 Å². The summed E-state index contributed by atoms with van der Waals surface area (Å²) in [4.78, 5) is 14.0. The van der Waals surface area contributed by atoms with Gasteiger partial charge in [-0.05, 0) is 23.8 Å². The number of nitrogens with zero attached hydrogens (tertiary/aromatic N) is 2. The smallest absolute Gasteiger partial charge is 0.216 e. The molecular weight excluding hydrogens is 254 g/mol. The van der Waals surface area contributed by atoms with Crippen molar-refractivity contribution in [2.45, 2.75) is 5.92 Å². The SMILES string of the molecule is Cn1cccc1C(C[N+](=O)[O-])c1c[nH]c2ccccc12. The van der Waals surface area contributed by atoms with E-state index in [2.05, 4.69) is 4.98 Å². The Morgan fingerprint density at radius 1 is 1.30 bits per heavy atom. The molecule has 0 amide bonds. The van der Waals surface area contributed by atoms with Gasteiger partial charge in [-0.25, -0.2) is 0 Å². The van der Waals surface area contributed by atoms with Crippen LogP contribution in [0.15, 0.2) is 48.8 Å². The first kappa shape index (κ1) is 12.5. The monoisotopic (exact) mass is 269 g/mol. The third-order valence-corrected chi connectivity index (χ3v) is 3.67. The standard InChI is InChI=1S/C15H15N3O2/c1-17-8-4-7-15(17)13(10-18(19)20)12-9-16-14-6-3-2-5-11(12)14/h2-9,13,16H,10H2,1H3. The second-order valence-corrected chi connectivity index (χ2v) is 4.90. The van der Waals surface area contributed by atoms with E-state index in [0.29, 0.717) is 0 Å². The first-order valence-corrected chi connectivity index (χ1v) is 6.46. The molecule has 20 heavy (non-hydrogen) atoms. The molecule has 0 aliphatic rings. The van der Waals surface area contributed by atoms with Gasteiger partial charge in [0.05, 0.1) is 5.92 Å². The van der Waals surface area contributed by atoms with Crippen LogP contribution in [0.4, 0.5) is 0 Å². The summed E-state index contributed by atoms with van der Waals surface area (Å²) < 4.78 is 1.94. The molecule has 1 aromatic carbocycles. The van der Waals surface area contributed by atoms with E-state index in [-0.39, 0.29) is 17.4 Å². The van der Waals surface area contributed by atoms with Gasteiger partial charge < -0.3 is 9.55 Å². The van der Waals surface area contributed by atoms with Crippen molar-refractivity contribution in [1.82, 2.24) is 9.55 Å². The molecule has 0 bridgehead atoms. The van der Waals surface area contributed by atoms with Gasteiger partial charge in [0.2, 0.25) is 6.54 Å². The molecule has 2 aromatic heterocycles. The van der Waals surface area contributed by atoms with Crippen molar-refractivity contribution in [3.8, 4) is 0 Å². The van der Waals surface area contributed by atoms with Crippen LogP contribution in [0, 0.1) is 10.1 Å². The van der Waals surface area contributed by atoms with Crippen molar-refractivity contribution >= 4 is 10.9 Å². The van der Waals surface area contributed by atoms with Crippen LogP contribution in [0.5, 0.6) is 0 Å². The number of hydrogen-bond acceptors (Lipinski definition) is 2. The van der Waals surface area contributed by atoms with Crippen molar-refractivity contribution in [3.63, 3.8) is 0 Å². The van der Waals surface area contributed by atoms with Gasteiger partial charge in [0.25, 0.3) is 0 Å². The van der Waals surface area contributed by atoms with Gasteiger partial charge in [0.1, 0.15) is 0 Å². The lowest BCUT2D eigenvalue weighted by Crippen LogP contribution is -2.16. The van der Waals surface area contributed by atoms with Gasteiger partial charge in [-0.3, -0.25) is 10.1 Å². The topological polar surface area (TPSA) is 63.9 Å². The number of aromatic amines is 1. The summed E-state index contributed by atoms with van der Waals surface area (Å²) in [5.41, 5.74) is 2.93. The highest BCUT2D eigenvalue weighted by Crippen LogP contribution is 2.31. The highest BCUT2D eigenvalue weighted by Gasteiger charge is 2.24. The van der Waals surface area contributed by atoms with E-state index >= 15 is 0 Å². The minimum Gasteiger partial charge on any atom is -0.361 e. The zero-order valence-corrected chi connectivity index (χ0v) is 11.1. The molecule has 0 saturated carbocycles. The van der Waals surface area contributed by atoms with Crippen molar-refractivity contribution < 1.29 is 4.92 Å². The number of fused-ring (bicyclic) bond motifs is 1. The molecule has 2 heterocycles. The summed E-state index contributed by atoms with van der Waals surface area (Å²) in [5, 5.41) is 12.1. The minimum atomic E-state index is -0.251. The molecule has 5 heteroatoms. The largest absolute Gasteiger partial charge is 0.361 e. The normalized spacial score (nSPS) is 12.7. The lowest BCUT2D eigenvalue weighted by atomic mass is 9.95. The van der Waals surface area contributed by atoms with Crippen LogP contribution >= 0.6 is 0 Å². The molecule has 3 aromatic rings. The van der Waals surface area contributed by atoms with E-state index in [0.717, 1.165) is 22.2 Å². The van der Waals surface area contributed by atoms with Crippen LogP contribution in [-0.4, -0.2) is 21.0 Å². The van der Waals surface area contributed by atoms with Crippen LogP contribution in [0.25, 0.3) is 10.9 Å². The number of aromatic nitrogens is 2. The van der Waals surface area contributed by atoms with Crippen LogP contribution in [0.3, 0.4) is 0 Å². The zero-order valence-electron chi connectivity index (χ0n) is 11.1. The van der Waals surface area contributed by atoms with Crippen molar-refractivity contribution in [2.75, 3.05) is 6.54 Å². The first-order valence-electron chi connectivity index (χ1n) is 6.46. The molecule has 1 N–H and O–H groups in total. The fourth-order valence-electron chi connectivity index (χ4n) is 2.72. The number of nitrogens with one attached hydrogen (secondary N) is 1. The van der Waals surface area contributed by atoms with E-state index in [4.69, 9.17) is 0 Å². The number of benzene rings is 1. The lowest BCUT2D eigenvalue weighted by molar-refractivity contribution is -0.482. The van der Waals surface area contributed by atoms with Crippen LogP contribution in [0.2, 0.25) is 0 Å². The maximum absolute atomic E-state index is 11.0. The Morgan fingerprint density at radius 3 is 2.80 bits per heavy atom. The molecule has 1 unspecified atom stereocenters. The predicted octanol–water partition coefficient (Wildman–Crippen LogP) is 2.92. The fourth-order valence-corrected chi connectivity index (χ4v) is 2.72. The Bertz CT molecular complexity index is 757. The molecular formula is C15H15N3O2. The third kappa shape index (κ3) is 2.07. The van der Waals surface area contributed by atoms with E-state index < -0.39 is 0 Å². The van der Waals surface area contributed by atoms with Gasteiger partial charge in [0, 0.05) is 41.0 Å². The lowest BCUT2D eigenvalue weighted by Gasteiger charge is -2.13. The van der Waals surface area contributed by atoms with Crippen LogP contribution < -0.4 is 0 Å².